The highest BCUT2D eigenvalue weighted by Crippen LogP contribution is 2.34. The number of hydrogen-bond acceptors (Lipinski definition) is 4. The van der Waals surface area contributed by atoms with Crippen LogP contribution in [-0.2, 0) is 10.0 Å². The number of piperidine rings is 1. The summed E-state index contributed by atoms with van der Waals surface area (Å²) in [5, 5.41) is 3.10. The highest BCUT2D eigenvalue weighted by atomic mass is 35.5. The maximum absolute atomic E-state index is 13.1. The summed E-state index contributed by atoms with van der Waals surface area (Å²) in [7, 11) is -3.69. The summed E-state index contributed by atoms with van der Waals surface area (Å²) in [5.74, 6) is 0.0576. The van der Waals surface area contributed by atoms with E-state index in [1.807, 2.05) is 54.6 Å². The molecule has 172 valence electrons. The standard InChI is InChI=1S/C25H25ClN2O3S2/c1-18-13-15-28(16-14-18)33(30,31)20-11-12-22(26)21(17-20)25(29)27-23-9-5-6-10-24(23)32-19-7-3-2-4-8-19/h2-12,17-18H,13-16H2,1H3,(H,27,29). The molecular weight excluding hydrogens is 476 g/mol. The van der Waals surface area contributed by atoms with Crippen molar-refractivity contribution in [1.29, 1.82) is 0 Å². The molecule has 1 amide bonds. The van der Waals surface area contributed by atoms with Gasteiger partial charge < -0.3 is 5.32 Å². The van der Waals surface area contributed by atoms with Gasteiger partial charge in [0.05, 0.1) is 21.2 Å². The molecule has 8 heteroatoms. The van der Waals surface area contributed by atoms with Crippen LogP contribution in [0.2, 0.25) is 5.02 Å². The maximum Gasteiger partial charge on any atom is 0.257 e. The molecule has 1 aliphatic rings. The lowest BCUT2D eigenvalue weighted by atomic mass is 10.0. The Labute approximate surface area is 204 Å². The Morgan fingerprint density at radius 2 is 1.67 bits per heavy atom. The fraction of sp³-hybridized carbons (Fsp3) is 0.240. The van der Waals surface area contributed by atoms with Crippen molar-refractivity contribution in [3.05, 3.63) is 83.4 Å². The Hall–Kier alpha value is -2.32. The van der Waals surface area contributed by atoms with Crippen molar-refractivity contribution < 1.29 is 13.2 Å². The minimum atomic E-state index is -3.69. The smallest absolute Gasteiger partial charge is 0.257 e. The first-order chi connectivity index (χ1) is 15.8. The first kappa shape index (κ1) is 23.8. The van der Waals surface area contributed by atoms with E-state index in [1.54, 1.807) is 0 Å². The average molecular weight is 501 g/mol. The van der Waals surface area contributed by atoms with Crippen molar-refractivity contribution >= 4 is 45.0 Å². The number of carbonyl (C=O) groups excluding carboxylic acids is 1. The molecule has 1 heterocycles. The van der Waals surface area contributed by atoms with E-state index in [4.69, 9.17) is 11.6 Å². The number of para-hydroxylation sites is 1. The van der Waals surface area contributed by atoms with Crippen LogP contribution in [0.1, 0.15) is 30.1 Å². The maximum atomic E-state index is 13.1. The number of benzene rings is 3. The van der Waals surface area contributed by atoms with Crippen LogP contribution in [0, 0.1) is 5.92 Å². The van der Waals surface area contributed by atoms with E-state index in [0.29, 0.717) is 24.7 Å². The Morgan fingerprint density at radius 1 is 1.00 bits per heavy atom. The van der Waals surface area contributed by atoms with Crippen LogP contribution in [0.25, 0.3) is 0 Å². The third-order valence-electron chi connectivity index (χ3n) is 5.67. The molecule has 0 saturated carbocycles. The van der Waals surface area contributed by atoms with Crippen LogP contribution in [0.4, 0.5) is 5.69 Å². The molecule has 1 N–H and O–H groups in total. The molecule has 1 aliphatic heterocycles. The lowest BCUT2D eigenvalue weighted by Gasteiger charge is -2.29. The fourth-order valence-corrected chi connectivity index (χ4v) is 6.30. The van der Waals surface area contributed by atoms with Gasteiger partial charge in [-0.15, -0.1) is 0 Å². The SMILES string of the molecule is CC1CCN(S(=O)(=O)c2ccc(Cl)c(C(=O)Nc3ccccc3Sc3ccccc3)c2)CC1. The van der Waals surface area contributed by atoms with E-state index in [2.05, 4.69) is 12.2 Å². The van der Waals surface area contributed by atoms with Gasteiger partial charge in [0, 0.05) is 22.9 Å². The quantitative estimate of drug-likeness (QED) is 0.440. The molecule has 0 radical (unpaired) electrons. The zero-order valence-electron chi connectivity index (χ0n) is 18.2. The Morgan fingerprint density at radius 3 is 2.39 bits per heavy atom. The third-order valence-corrected chi connectivity index (χ3v) is 8.98. The second kappa shape index (κ2) is 10.3. The second-order valence-corrected chi connectivity index (χ2v) is 11.6. The van der Waals surface area contributed by atoms with Crippen molar-refractivity contribution in [3.63, 3.8) is 0 Å². The first-order valence-corrected chi connectivity index (χ1v) is 13.4. The van der Waals surface area contributed by atoms with Crippen LogP contribution in [0.15, 0.2) is 87.5 Å². The van der Waals surface area contributed by atoms with E-state index in [-0.39, 0.29) is 15.5 Å². The number of anilines is 1. The molecule has 0 aliphatic carbocycles. The molecular formula is C25H25ClN2O3S2. The average Bonchev–Trinajstić information content (AvgIpc) is 2.81. The minimum absolute atomic E-state index is 0.0820. The molecule has 1 saturated heterocycles. The third kappa shape index (κ3) is 5.61. The highest BCUT2D eigenvalue weighted by molar-refractivity contribution is 7.99. The number of nitrogens with one attached hydrogen (secondary N) is 1. The molecule has 3 aromatic rings. The molecule has 5 nitrogen and oxygen atoms in total. The van der Waals surface area contributed by atoms with Crippen molar-refractivity contribution in [1.82, 2.24) is 4.31 Å². The van der Waals surface area contributed by atoms with Gasteiger partial charge in [0.25, 0.3) is 5.91 Å². The number of nitrogens with zero attached hydrogens (tertiary/aromatic N) is 1. The molecule has 0 aromatic heterocycles. The number of amides is 1. The van der Waals surface area contributed by atoms with Gasteiger partial charge in [-0.05, 0) is 61.2 Å². The molecule has 0 unspecified atom stereocenters. The van der Waals surface area contributed by atoms with Gasteiger partial charge in [0.2, 0.25) is 10.0 Å². The number of hydrogen-bond donors (Lipinski definition) is 1. The molecule has 33 heavy (non-hydrogen) atoms. The number of sulfonamides is 1. The zero-order valence-corrected chi connectivity index (χ0v) is 20.6. The van der Waals surface area contributed by atoms with Crippen molar-refractivity contribution in [3.8, 4) is 0 Å². The Kier molecular flexibility index (Phi) is 7.44. The van der Waals surface area contributed by atoms with Gasteiger partial charge in [-0.1, -0.05) is 60.6 Å². The summed E-state index contributed by atoms with van der Waals surface area (Å²) in [6, 6.07) is 21.6. The first-order valence-electron chi connectivity index (χ1n) is 10.8. The van der Waals surface area contributed by atoms with Gasteiger partial charge in [-0.2, -0.15) is 4.31 Å². The minimum Gasteiger partial charge on any atom is -0.321 e. The van der Waals surface area contributed by atoms with Gasteiger partial charge in [0.15, 0.2) is 0 Å². The Balaban J connectivity index is 1.57. The summed E-state index contributed by atoms with van der Waals surface area (Å²) in [6.45, 7) is 3.10. The predicted octanol–water partition coefficient (Wildman–Crippen LogP) is 6.16. The predicted molar refractivity (Wildman–Crippen MR) is 134 cm³/mol. The van der Waals surface area contributed by atoms with Crippen LogP contribution in [-0.4, -0.2) is 31.7 Å². The van der Waals surface area contributed by atoms with E-state index < -0.39 is 15.9 Å². The largest absolute Gasteiger partial charge is 0.321 e. The van der Waals surface area contributed by atoms with Crippen molar-refractivity contribution in [2.75, 3.05) is 18.4 Å². The van der Waals surface area contributed by atoms with E-state index in [0.717, 1.165) is 22.6 Å². The van der Waals surface area contributed by atoms with Gasteiger partial charge in [-0.25, -0.2) is 8.42 Å². The van der Waals surface area contributed by atoms with Crippen molar-refractivity contribution in [2.24, 2.45) is 5.92 Å². The topological polar surface area (TPSA) is 66.5 Å². The van der Waals surface area contributed by atoms with Gasteiger partial charge in [0.1, 0.15) is 0 Å². The second-order valence-electron chi connectivity index (χ2n) is 8.09. The van der Waals surface area contributed by atoms with Gasteiger partial charge >= 0.3 is 0 Å². The van der Waals surface area contributed by atoms with E-state index in [9.17, 15) is 13.2 Å². The lowest BCUT2D eigenvalue weighted by molar-refractivity contribution is 0.102. The Bertz CT molecular complexity index is 1240. The number of carbonyl (C=O) groups is 1. The van der Waals surface area contributed by atoms with Crippen LogP contribution >= 0.6 is 23.4 Å². The van der Waals surface area contributed by atoms with E-state index >= 15 is 0 Å². The molecule has 3 aromatic carbocycles. The number of rotatable bonds is 6. The molecule has 0 atom stereocenters. The van der Waals surface area contributed by atoms with Gasteiger partial charge in [-0.3, -0.25) is 4.79 Å². The molecule has 4 rings (SSSR count). The van der Waals surface area contributed by atoms with E-state index in [1.165, 1.54) is 34.3 Å². The van der Waals surface area contributed by atoms with Crippen LogP contribution in [0.5, 0.6) is 0 Å². The monoisotopic (exact) mass is 500 g/mol. The highest BCUT2D eigenvalue weighted by Gasteiger charge is 2.29. The molecule has 0 bridgehead atoms. The summed E-state index contributed by atoms with van der Waals surface area (Å²) < 4.78 is 27.8. The summed E-state index contributed by atoms with van der Waals surface area (Å²) >= 11 is 7.84. The number of halogens is 1. The van der Waals surface area contributed by atoms with Crippen LogP contribution in [0.3, 0.4) is 0 Å². The zero-order chi connectivity index (χ0) is 23.4. The van der Waals surface area contributed by atoms with Crippen molar-refractivity contribution in [2.45, 2.75) is 34.5 Å². The fourth-order valence-electron chi connectivity index (χ4n) is 3.68. The summed E-state index contributed by atoms with van der Waals surface area (Å²) in [6.07, 6.45) is 1.66. The lowest BCUT2D eigenvalue weighted by Crippen LogP contribution is -2.37. The summed E-state index contributed by atoms with van der Waals surface area (Å²) in [5.41, 5.74) is 0.758. The molecule has 0 spiro atoms. The van der Waals surface area contributed by atoms with Crippen LogP contribution < -0.4 is 5.32 Å². The molecule has 1 fully saturated rings. The normalized spacial score (nSPS) is 15.3. The summed E-state index contributed by atoms with van der Waals surface area (Å²) in [4.78, 5) is 15.1.